The molecule has 7 heteroatoms. The Kier molecular flexibility index (Phi) is 3.88. The number of nitro benzene ring substituents is 1. The second kappa shape index (κ2) is 5.60. The third-order valence-electron chi connectivity index (χ3n) is 2.71. The summed E-state index contributed by atoms with van der Waals surface area (Å²) < 4.78 is 26.7. The molecule has 0 aliphatic heterocycles. The van der Waals surface area contributed by atoms with E-state index in [1.807, 2.05) is 6.92 Å². The van der Waals surface area contributed by atoms with Crippen LogP contribution < -0.4 is 5.32 Å². The van der Waals surface area contributed by atoms with E-state index in [0.717, 1.165) is 11.8 Å². The maximum Gasteiger partial charge on any atom is 0.305 e. The van der Waals surface area contributed by atoms with Gasteiger partial charge in [0.05, 0.1) is 16.8 Å². The molecule has 0 saturated heterocycles. The zero-order valence-electron chi connectivity index (χ0n) is 10.6. The number of nitrogens with one attached hydrogen (secondary N) is 1. The summed E-state index contributed by atoms with van der Waals surface area (Å²) in [6, 6.07) is 4.92. The van der Waals surface area contributed by atoms with Gasteiger partial charge in [0.25, 0.3) is 0 Å². The van der Waals surface area contributed by atoms with E-state index in [4.69, 9.17) is 0 Å². The molecule has 1 aromatic carbocycles. The maximum atomic E-state index is 13.5. The molecule has 0 bridgehead atoms. The molecule has 0 radical (unpaired) electrons. The summed E-state index contributed by atoms with van der Waals surface area (Å²) in [6.45, 7) is 1.82. The number of halogens is 2. The quantitative estimate of drug-likeness (QED) is 0.689. The number of nitrogens with zero attached hydrogens (tertiary/aromatic N) is 2. The van der Waals surface area contributed by atoms with Crippen LogP contribution in [0.3, 0.4) is 0 Å². The highest BCUT2D eigenvalue weighted by molar-refractivity contribution is 5.43. The van der Waals surface area contributed by atoms with Gasteiger partial charge < -0.3 is 5.32 Å². The van der Waals surface area contributed by atoms with Crippen LogP contribution in [-0.4, -0.2) is 9.91 Å². The minimum absolute atomic E-state index is 0.00229. The molecule has 2 rings (SSSR count). The molecule has 0 aliphatic carbocycles. The summed E-state index contributed by atoms with van der Waals surface area (Å²) in [4.78, 5) is 13.8. The monoisotopic (exact) mass is 279 g/mol. The van der Waals surface area contributed by atoms with Gasteiger partial charge in [-0.3, -0.25) is 15.1 Å². The fourth-order valence-electron chi connectivity index (χ4n) is 1.63. The largest absolute Gasteiger partial charge is 0.380 e. The van der Waals surface area contributed by atoms with Crippen LogP contribution in [0.25, 0.3) is 0 Å². The lowest BCUT2D eigenvalue weighted by Crippen LogP contribution is -2.04. The molecule has 0 amide bonds. The fraction of sp³-hybridized carbons (Fsp3) is 0.154. The van der Waals surface area contributed by atoms with Crippen molar-refractivity contribution in [1.29, 1.82) is 0 Å². The van der Waals surface area contributed by atoms with E-state index < -0.39 is 22.2 Å². The lowest BCUT2D eigenvalue weighted by atomic mass is 10.1. The van der Waals surface area contributed by atoms with Crippen molar-refractivity contribution in [2.45, 2.75) is 13.5 Å². The van der Waals surface area contributed by atoms with Gasteiger partial charge in [0.1, 0.15) is 5.82 Å². The summed E-state index contributed by atoms with van der Waals surface area (Å²) >= 11 is 0. The molecule has 0 unspecified atom stereocenters. The van der Waals surface area contributed by atoms with E-state index in [0.29, 0.717) is 11.8 Å². The van der Waals surface area contributed by atoms with Crippen LogP contribution in [0.5, 0.6) is 0 Å². The first-order valence-corrected chi connectivity index (χ1v) is 5.76. The summed E-state index contributed by atoms with van der Waals surface area (Å²) in [7, 11) is 0. The van der Waals surface area contributed by atoms with Crippen molar-refractivity contribution >= 4 is 11.4 Å². The van der Waals surface area contributed by atoms with Crippen molar-refractivity contribution in [2.75, 3.05) is 5.32 Å². The Bertz CT molecular complexity index is 645. The lowest BCUT2D eigenvalue weighted by molar-refractivity contribution is -0.387. The van der Waals surface area contributed by atoms with Gasteiger partial charge >= 0.3 is 5.69 Å². The Morgan fingerprint density at radius 3 is 2.65 bits per heavy atom. The molecular formula is C13H11F2N3O2. The number of anilines is 1. The van der Waals surface area contributed by atoms with Crippen LogP contribution in [0.2, 0.25) is 0 Å². The summed E-state index contributed by atoms with van der Waals surface area (Å²) in [5.41, 5.74) is 0.741. The second-order valence-corrected chi connectivity index (χ2v) is 4.19. The number of aromatic nitrogens is 1. The van der Waals surface area contributed by atoms with Crippen molar-refractivity contribution in [1.82, 2.24) is 4.98 Å². The molecular weight excluding hydrogens is 268 g/mol. The molecule has 20 heavy (non-hydrogen) atoms. The molecule has 0 aliphatic rings. The predicted octanol–water partition coefficient (Wildman–Crippen LogP) is 3.19. The van der Waals surface area contributed by atoms with Crippen molar-refractivity contribution in [2.24, 2.45) is 0 Å². The SMILES string of the molecule is Cc1ccc(NCc2cc([N+](=O)[O-])c(F)cc2F)cn1. The van der Waals surface area contributed by atoms with Gasteiger partial charge in [-0.15, -0.1) is 0 Å². The van der Waals surface area contributed by atoms with Gasteiger partial charge in [0.15, 0.2) is 0 Å². The summed E-state index contributed by atoms with van der Waals surface area (Å²) in [5, 5.41) is 13.5. The Balaban J connectivity index is 2.18. The first-order valence-electron chi connectivity index (χ1n) is 5.76. The van der Waals surface area contributed by atoms with E-state index in [-0.39, 0.29) is 12.1 Å². The van der Waals surface area contributed by atoms with Gasteiger partial charge in [-0.05, 0) is 19.1 Å². The minimum Gasteiger partial charge on any atom is -0.380 e. The Hall–Kier alpha value is -2.57. The van der Waals surface area contributed by atoms with Gasteiger partial charge in [-0.1, -0.05) is 0 Å². The fourth-order valence-corrected chi connectivity index (χ4v) is 1.63. The van der Waals surface area contributed by atoms with Gasteiger partial charge in [-0.2, -0.15) is 4.39 Å². The number of pyridine rings is 1. The number of rotatable bonds is 4. The van der Waals surface area contributed by atoms with E-state index >= 15 is 0 Å². The van der Waals surface area contributed by atoms with Gasteiger partial charge in [0, 0.05) is 29.9 Å². The Labute approximate surface area is 113 Å². The van der Waals surface area contributed by atoms with Crippen molar-refractivity contribution < 1.29 is 13.7 Å². The minimum atomic E-state index is -1.19. The van der Waals surface area contributed by atoms with Gasteiger partial charge in [0.2, 0.25) is 5.82 Å². The zero-order valence-corrected chi connectivity index (χ0v) is 10.6. The first-order chi connectivity index (χ1) is 9.47. The van der Waals surface area contributed by atoms with Crippen LogP contribution in [0, 0.1) is 28.7 Å². The van der Waals surface area contributed by atoms with Crippen molar-refractivity contribution in [3.8, 4) is 0 Å². The average Bonchev–Trinajstić information content (AvgIpc) is 2.39. The smallest absolute Gasteiger partial charge is 0.305 e. The van der Waals surface area contributed by atoms with E-state index in [9.17, 15) is 18.9 Å². The summed E-state index contributed by atoms with van der Waals surface area (Å²) in [5.74, 6) is -2.02. The van der Waals surface area contributed by atoms with Crippen LogP contribution in [0.4, 0.5) is 20.2 Å². The van der Waals surface area contributed by atoms with Crippen molar-refractivity contribution in [3.63, 3.8) is 0 Å². The average molecular weight is 279 g/mol. The molecule has 1 N–H and O–H groups in total. The first kappa shape index (κ1) is 13.9. The number of hydrogen-bond acceptors (Lipinski definition) is 4. The highest BCUT2D eigenvalue weighted by Gasteiger charge is 2.18. The van der Waals surface area contributed by atoms with Crippen LogP contribution >= 0.6 is 0 Å². The number of nitro groups is 1. The molecule has 5 nitrogen and oxygen atoms in total. The summed E-state index contributed by atoms with van der Waals surface area (Å²) in [6.07, 6.45) is 1.56. The van der Waals surface area contributed by atoms with E-state index in [2.05, 4.69) is 10.3 Å². The lowest BCUT2D eigenvalue weighted by Gasteiger charge is -2.07. The van der Waals surface area contributed by atoms with Crippen molar-refractivity contribution in [3.05, 3.63) is 63.5 Å². The predicted molar refractivity (Wildman–Crippen MR) is 69.3 cm³/mol. The van der Waals surface area contributed by atoms with E-state index in [1.54, 1.807) is 18.3 Å². The van der Waals surface area contributed by atoms with Crippen LogP contribution in [-0.2, 0) is 6.54 Å². The molecule has 0 spiro atoms. The number of hydrogen-bond donors (Lipinski definition) is 1. The highest BCUT2D eigenvalue weighted by Crippen LogP contribution is 2.22. The molecule has 1 heterocycles. The normalized spacial score (nSPS) is 10.3. The Morgan fingerprint density at radius 1 is 1.30 bits per heavy atom. The number of benzene rings is 1. The van der Waals surface area contributed by atoms with E-state index in [1.165, 1.54) is 0 Å². The van der Waals surface area contributed by atoms with Gasteiger partial charge in [-0.25, -0.2) is 4.39 Å². The second-order valence-electron chi connectivity index (χ2n) is 4.19. The Morgan fingerprint density at radius 2 is 2.05 bits per heavy atom. The molecule has 2 aromatic rings. The van der Waals surface area contributed by atoms with Crippen LogP contribution in [0.1, 0.15) is 11.3 Å². The topological polar surface area (TPSA) is 68.1 Å². The number of aryl methyl sites for hydroxylation is 1. The molecule has 0 atom stereocenters. The standard InChI is InChI=1S/C13H11F2N3O2/c1-8-2-3-10(7-16-8)17-6-9-4-13(18(19)20)12(15)5-11(9)14/h2-5,7,17H,6H2,1H3. The third kappa shape index (κ3) is 3.05. The molecule has 1 aromatic heterocycles. The zero-order chi connectivity index (χ0) is 14.7. The molecule has 0 fully saturated rings. The molecule has 104 valence electrons. The molecule has 0 saturated carbocycles. The highest BCUT2D eigenvalue weighted by atomic mass is 19.1. The van der Waals surface area contributed by atoms with Crippen LogP contribution in [0.15, 0.2) is 30.5 Å². The third-order valence-corrected chi connectivity index (χ3v) is 2.71. The maximum absolute atomic E-state index is 13.5.